The SMILES string of the molecule is Cc1sc(Br)cc1-c1nn(CCS(C)(=O)=O)cc1C=O. The third kappa shape index (κ3) is 3.56. The second-order valence-corrected chi connectivity index (χ2v) is 9.36. The van der Waals surface area contributed by atoms with Crippen molar-refractivity contribution >= 4 is 43.4 Å². The van der Waals surface area contributed by atoms with E-state index in [1.807, 2.05) is 13.0 Å². The van der Waals surface area contributed by atoms with Crippen LogP contribution in [0.25, 0.3) is 11.3 Å². The average molecular weight is 377 g/mol. The lowest BCUT2D eigenvalue weighted by atomic mass is 10.1. The van der Waals surface area contributed by atoms with Crippen LogP contribution < -0.4 is 0 Å². The number of aryl methyl sites for hydroxylation is 2. The molecule has 20 heavy (non-hydrogen) atoms. The van der Waals surface area contributed by atoms with Crippen LogP contribution in [0.3, 0.4) is 0 Å². The Kier molecular flexibility index (Phi) is 4.46. The van der Waals surface area contributed by atoms with E-state index in [-0.39, 0.29) is 12.3 Å². The van der Waals surface area contributed by atoms with Gasteiger partial charge in [0.1, 0.15) is 15.5 Å². The monoisotopic (exact) mass is 376 g/mol. The van der Waals surface area contributed by atoms with E-state index in [2.05, 4.69) is 21.0 Å². The summed E-state index contributed by atoms with van der Waals surface area (Å²) in [5.41, 5.74) is 1.95. The predicted molar refractivity (Wildman–Crippen MR) is 83.1 cm³/mol. The molecule has 2 rings (SSSR count). The Morgan fingerprint density at radius 1 is 1.50 bits per heavy atom. The highest BCUT2D eigenvalue weighted by molar-refractivity contribution is 9.11. The van der Waals surface area contributed by atoms with Crippen molar-refractivity contribution in [2.75, 3.05) is 12.0 Å². The number of rotatable bonds is 5. The highest BCUT2D eigenvalue weighted by atomic mass is 79.9. The summed E-state index contributed by atoms with van der Waals surface area (Å²) in [4.78, 5) is 12.2. The van der Waals surface area contributed by atoms with E-state index < -0.39 is 9.84 Å². The summed E-state index contributed by atoms with van der Waals surface area (Å²) < 4.78 is 24.8. The van der Waals surface area contributed by atoms with E-state index in [1.54, 1.807) is 17.5 Å². The molecule has 0 radical (unpaired) electrons. The maximum absolute atomic E-state index is 11.2. The molecule has 0 aliphatic rings. The minimum Gasteiger partial charge on any atom is -0.298 e. The molecule has 2 aromatic rings. The average Bonchev–Trinajstić information content (AvgIpc) is 2.88. The number of halogens is 1. The zero-order valence-electron chi connectivity index (χ0n) is 11.0. The molecule has 0 aliphatic carbocycles. The van der Waals surface area contributed by atoms with E-state index >= 15 is 0 Å². The second-order valence-electron chi connectivity index (χ2n) is 4.46. The molecule has 0 atom stereocenters. The van der Waals surface area contributed by atoms with Gasteiger partial charge in [-0.15, -0.1) is 11.3 Å². The number of hydrogen-bond acceptors (Lipinski definition) is 5. The molecular weight excluding hydrogens is 364 g/mol. The van der Waals surface area contributed by atoms with Crippen LogP contribution in [0.1, 0.15) is 15.2 Å². The maximum atomic E-state index is 11.2. The van der Waals surface area contributed by atoms with Gasteiger partial charge in [-0.1, -0.05) is 0 Å². The van der Waals surface area contributed by atoms with Crippen molar-refractivity contribution in [2.45, 2.75) is 13.5 Å². The van der Waals surface area contributed by atoms with Crippen LogP contribution in [0.2, 0.25) is 0 Å². The van der Waals surface area contributed by atoms with Crippen molar-refractivity contribution in [1.82, 2.24) is 9.78 Å². The Labute approximate surface area is 129 Å². The summed E-state index contributed by atoms with van der Waals surface area (Å²) in [5.74, 6) is -0.00126. The molecule has 0 saturated carbocycles. The topological polar surface area (TPSA) is 69.0 Å². The summed E-state index contributed by atoms with van der Waals surface area (Å²) in [6.07, 6.45) is 3.50. The highest BCUT2D eigenvalue weighted by Gasteiger charge is 2.15. The standard InChI is InChI=1S/C12H13BrN2O3S2/c1-8-10(5-11(13)19-8)12-9(7-16)6-15(14-12)3-4-20(2,17)18/h5-7H,3-4H2,1-2H3. The minimum absolute atomic E-state index is 0.00126. The smallest absolute Gasteiger partial charge is 0.153 e. The number of aromatic nitrogens is 2. The fraction of sp³-hybridized carbons (Fsp3) is 0.333. The molecule has 2 aromatic heterocycles. The van der Waals surface area contributed by atoms with Crippen molar-refractivity contribution in [3.63, 3.8) is 0 Å². The van der Waals surface area contributed by atoms with Gasteiger partial charge >= 0.3 is 0 Å². The van der Waals surface area contributed by atoms with E-state index in [0.29, 0.717) is 11.3 Å². The first kappa shape index (κ1) is 15.4. The quantitative estimate of drug-likeness (QED) is 0.751. The molecule has 0 N–H and O–H groups in total. The molecule has 0 spiro atoms. The lowest BCUT2D eigenvalue weighted by Crippen LogP contribution is -2.11. The number of carbonyl (C=O) groups excluding carboxylic acids is 1. The zero-order valence-corrected chi connectivity index (χ0v) is 14.2. The van der Waals surface area contributed by atoms with Gasteiger partial charge in [-0.05, 0) is 28.9 Å². The van der Waals surface area contributed by atoms with Gasteiger partial charge in [-0.2, -0.15) is 5.10 Å². The molecule has 0 bridgehead atoms. The number of sulfone groups is 1. The largest absolute Gasteiger partial charge is 0.298 e. The van der Waals surface area contributed by atoms with E-state index in [1.165, 1.54) is 10.9 Å². The number of hydrogen-bond donors (Lipinski definition) is 0. The fourth-order valence-electron chi connectivity index (χ4n) is 1.79. The Balaban J connectivity index is 2.37. The van der Waals surface area contributed by atoms with Crippen molar-refractivity contribution in [3.8, 4) is 11.3 Å². The first-order chi connectivity index (χ1) is 9.30. The van der Waals surface area contributed by atoms with Crippen LogP contribution in [0.4, 0.5) is 0 Å². The van der Waals surface area contributed by atoms with Crippen LogP contribution >= 0.6 is 27.3 Å². The number of thiophene rings is 1. The summed E-state index contributed by atoms with van der Waals surface area (Å²) >= 11 is 4.97. The van der Waals surface area contributed by atoms with Gasteiger partial charge in [-0.25, -0.2) is 8.42 Å². The highest BCUT2D eigenvalue weighted by Crippen LogP contribution is 2.34. The van der Waals surface area contributed by atoms with Crippen LogP contribution in [-0.4, -0.2) is 36.5 Å². The normalized spacial score (nSPS) is 11.8. The molecule has 2 heterocycles. The maximum Gasteiger partial charge on any atom is 0.153 e. The van der Waals surface area contributed by atoms with Gasteiger partial charge in [0.15, 0.2) is 6.29 Å². The van der Waals surface area contributed by atoms with Crippen LogP contribution in [0.5, 0.6) is 0 Å². The number of carbonyl (C=O) groups is 1. The van der Waals surface area contributed by atoms with E-state index in [9.17, 15) is 13.2 Å². The van der Waals surface area contributed by atoms with Crippen LogP contribution in [0, 0.1) is 6.92 Å². The summed E-state index contributed by atoms with van der Waals surface area (Å²) in [6.45, 7) is 2.19. The summed E-state index contributed by atoms with van der Waals surface area (Å²) in [5, 5.41) is 4.34. The van der Waals surface area contributed by atoms with Gasteiger partial charge in [0.25, 0.3) is 0 Å². The van der Waals surface area contributed by atoms with Crippen LogP contribution in [-0.2, 0) is 16.4 Å². The Morgan fingerprint density at radius 3 is 2.70 bits per heavy atom. The third-order valence-corrected chi connectivity index (χ3v) is 5.23. The molecule has 0 amide bonds. The summed E-state index contributed by atoms with van der Waals surface area (Å²) in [6, 6.07) is 1.91. The molecular formula is C12H13BrN2O3S2. The van der Waals surface area contributed by atoms with Crippen molar-refractivity contribution < 1.29 is 13.2 Å². The van der Waals surface area contributed by atoms with Gasteiger partial charge in [0.05, 0.1) is 21.6 Å². The fourth-order valence-corrected chi connectivity index (χ4v) is 4.00. The lowest BCUT2D eigenvalue weighted by molar-refractivity contribution is 0.112. The van der Waals surface area contributed by atoms with Crippen LogP contribution in [0.15, 0.2) is 16.0 Å². The first-order valence-electron chi connectivity index (χ1n) is 5.77. The van der Waals surface area contributed by atoms with E-state index in [0.717, 1.165) is 20.5 Å². The Bertz CT molecular complexity index is 747. The predicted octanol–water partition coefficient (Wildman–Crippen LogP) is 2.54. The van der Waals surface area contributed by atoms with Gasteiger partial charge in [-0.3, -0.25) is 9.48 Å². The van der Waals surface area contributed by atoms with E-state index in [4.69, 9.17) is 0 Å². The first-order valence-corrected chi connectivity index (χ1v) is 9.44. The van der Waals surface area contributed by atoms with Gasteiger partial charge in [0, 0.05) is 22.9 Å². The second kappa shape index (κ2) is 5.79. The molecule has 0 saturated heterocycles. The van der Waals surface area contributed by atoms with Gasteiger partial charge in [0.2, 0.25) is 0 Å². The zero-order chi connectivity index (χ0) is 14.9. The molecule has 0 fully saturated rings. The molecule has 0 aromatic carbocycles. The molecule has 108 valence electrons. The van der Waals surface area contributed by atoms with Crippen molar-refractivity contribution in [3.05, 3.63) is 26.5 Å². The third-order valence-electron chi connectivity index (χ3n) is 2.75. The summed E-state index contributed by atoms with van der Waals surface area (Å²) in [7, 11) is -3.06. The molecule has 8 heteroatoms. The molecule has 5 nitrogen and oxygen atoms in total. The minimum atomic E-state index is -3.06. The molecule has 0 aliphatic heterocycles. The Morgan fingerprint density at radius 2 is 2.20 bits per heavy atom. The number of nitrogens with zero attached hydrogens (tertiary/aromatic N) is 2. The number of aldehydes is 1. The Hall–Kier alpha value is -0.990. The van der Waals surface area contributed by atoms with Gasteiger partial charge < -0.3 is 0 Å². The van der Waals surface area contributed by atoms with Crippen molar-refractivity contribution in [2.24, 2.45) is 0 Å². The lowest BCUT2D eigenvalue weighted by Gasteiger charge is -1.99. The van der Waals surface area contributed by atoms with Crippen molar-refractivity contribution in [1.29, 1.82) is 0 Å². The molecule has 0 unspecified atom stereocenters.